The summed E-state index contributed by atoms with van der Waals surface area (Å²) >= 11 is 5.62. The third-order valence-corrected chi connectivity index (χ3v) is 2.36. The maximum absolute atomic E-state index is 13.4. The summed E-state index contributed by atoms with van der Waals surface area (Å²) in [4.78, 5) is 16.2. The van der Waals surface area contributed by atoms with Crippen LogP contribution in [0.2, 0.25) is 5.02 Å². The van der Waals surface area contributed by atoms with E-state index in [1.165, 1.54) is 6.07 Å². The molecule has 0 amide bonds. The summed E-state index contributed by atoms with van der Waals surface area (Å²) in [5, 5.41) is 0.0476. The molecule has 0 saturated heterocycles. The van der Waals surface area contributed by atoms with Crippen molar-refractivity contribution in [3.63, 3.8) is 0 Å². The van der Waals surface area contributed by atoms with Gasteiger partial charge in [-0.3, -0.25) is 0 Å². The minimum atomic E-state index is -0.597. The van der Waals surface area contributed by atoms with Crippen molar-refractivity contribution in [2.45, 2.75) is 27.3 Å². The van der Waals surface area contributed by atoms with Crippen LogP contribution in [0.25, 0.3) is 0 Å². The number of carbonyl (C=O) groups is 1. The molecule has 1 aromatic rings. The van der Waals surface area contributed by atoms with Gasteiger partial charge in [-0.05, 0) is 26.8 Å². The Labute approximate surface area is 105 Å². The lowest BCUT2D eigenvalue weighted by atomic mass is 9.98. The fraction of sp³-hybridized carbons (Fsp3) is 0.417. The van der Waals surface area contributed by atoms with Crippen LogP contribution in [0.5, 0.6) is 0 Å². The Balaban J connectivity index is 2.52. The highest BCUT2D eigenvalue weighted by Gasteiger charge is 2.23. The third-order valence-electron chi connectivity index (χ3n) is 2.07. The molecule has 3 nitrogen and oxygen atoms in total. The second-order valence-corrected chi connectivity index (χ2v) is 5.08. The van der Waals surface area contributed by atoms with Crippen LogP contribution in [0.15, 0.2) is 18.2 Å². The maximum Gasteiger partial charge on any atom is 0.329 e. The SMILES string of the molecule is CC(C)(C)C(=O)ONCc1cccc(Cl)c1F. The van der Waals surface area contributed by atoms with E-state index in [4.69, 9.17) is 16.4 Å². The maximum atomic E-state index is 13.4. The lowest BCUT2D eigenvalue weighted by Crippen LogP contribution is -2.29. The molecule has 0 bridgehead atoms. The predicted octanol–water partition coefficient (Wildman–Crippen LogP) is 3.07. The molecule has 0 radical (unpaired) electrons. The lowest BCUT2D eigenvalue weighted by Gasteiger charge is -2.16. The molecular weight excluding hydrogens is 245 g/mol. The fourth-order valence-corrected chi connectivity index (χ4v) is 1.21. The lowest BCUT2D eigenvalue weighted by molar-refractivity contribution is -0.161. The molecule has 0 aliphatic carbocycles. The van der Waals surface area contributed by atoms with Gasteiger partial charge in [-0.25, -0.2) is 9.18 Å². The monoisotopic (exact) mass is 259 g/mol. The number of rotatable bonds is 3. The molecule has 0 aromatic heterocycles. The zero-order valence-electron chi connectivity index (χ0n) is 10.0. The molecule has 0 heterocycles. The van der Waals surface area contributed by atoms with E-state index in [1.807, 2.05) is 0 Å². The normalized spacial score (nSPS) is 11.4. The molecule has 0 saturated carbocycles. The summed E-state index contributed by atoms with van der Waals surface area (Å²) in [7, 11) is 0. The molecule has 17 heavy (non-hydrogen) atoms. The number of benzene rings is 1. The van der Waals surface area contributed by atoms with Crippen molar-refractivity contribution in [3.8, 4) is 0 Å². The van der Waals surface area contributed by atoms with E-state index < -0.39 is 17.2 Å². The zero-order chi connectivity index (χ0) is 13.1. The van der Waals surface area contributed by atoms with E-state index >= 15 is 0 Å². The second-order valence-electron chi connectivity index (χ2n) is 4.67. The Morgan fingerprint density at radius 1 is 1.47 bits per heavy atom. The van der Waals surface area contributed by atoms with Gasteiger partial charge in [0, 0.05) is 5.56 Å². The van der Waals surface area contributed by atoms with Crippen LogP contribution in [-0.2, 0) is 16.2 Å². The Morgan fingerprint density at radius 2 is 2.12 bits per heavy atom. The van der Waals surface area contributed by atoms with Crippen molar-refractivity contribution in [3.05, 3.63) is 34.6 Å². The minimum absolute atomic E-state index is 0.0476. The highest BCUT2D eigenvalue weighted by molar-refractivity contribution is 6.30. The first-order chi connectivity index (χ1) is 7.82. The van der Waals surface area contributed by atoms with Crippen LogP contribution in [0, 0.1) is 11.2 Å². The van der Waals surface area contributed by atoms with Crippen molar-refractivity contribution >= 4 is 17.6 Å². The molecule has 0 atom stereocenters. The van der Waals surface area contributed by atoms with Crippen molar-refractivity contribution in [2.24, 2.45) is 5.41 Å². The fourth-order valence-electron chi connectivity index (χ4n) is 1.02. The molecule has 94 valence electrons. The third kappa shape index (κ3) is 3.98. The molecule has 1 rings (SSSR count). The van der Waals surface area contributed by atoms with E-state index in [0.29, 0.717) is 5.56 Å². The standard InChI is InChI=1S/C12H15ClFNO2/c1-12(2,3)11(16)17-15-7-8-5-4-6-9(13)10(8)14/h4-6,15H,7H2,1-3H3. The van der Waals surface area contributed by atoms with Crippen molar-refractivity contribution in [1.82, 2.24) is 5.48 Å². The summed E-state index contributed by atoms with van der Waals surface area (Å²) in [5.41, 5.74) is 2.18. The largest absolute Gasteiger partial charge is 0.370 e. The van der Waals surface area contributed by atoms with Gasteiger partial charge in [0.1, 0.15) is 5.82 Å². The van der Waals surface area contributed by atoms with Gasteiger partial charge in [0.2, 0.25) is 0 Å². The van der Waals surface area contributed by atoms with Gasteiger partial charge in [-0.15, -0.1) is 5.48 Å². The van der Waals surface area contributed by atoms with E-state index in [2.05, 4.69) is 5.48 Å². The molecular formula is C12H15ClFNO2. The van der Waals surface area contributed by atoms with E-state index in [1.54, 1.807) is 32.9 Å². The molecule has 1 aromatic carbocycles. The van der Waals surface area contributed by atoms with Gasteiger partial charge in [0.25, 0.3) is 0 Å². The first kappa shape index (κ1) is 13.9. The topological polar surface area (TPSA) is 38.3 Å². The first-order valence-electron chi connectivity index (χ1n) is 5.19. The highest BCUT2D eigenvalue weighted by Crippen LogP contribution is 2.18. The van der Waals surface area contributed by atoms with Gasteiger partial charge in [0.15, 0.2) is 0 Å². The van der Waals surface area contributed by atoms with Crippen molar-refractivity contribution in [2.75, 3.05) is 0 Å². The minimum Gasteiger partial charge on any atom is -0.370 e. The Bertz CT molecular complexity index is 415. The Morgan fingerprint density at radius 3 is 2.71 bits per heavy atom. The Kier molecular flexibility index (Phi) is 4.48. The average molecular weight is 260 g/mol. The number of carbonyl (C=O) groups excluding carboxylic acids is 1. The van der Waals surface area contributed by atoms with Gasteiger partial charge in [-0.2, -0.15) is 0 Å². The molecule has 0 unspecified atom stereocenters. The van der Waals surface area contributed by atoms with Crippen LogP contribution in [0.4, 0.5) is 4.39 Å². The smallest absolute Gasteiger partial charge is 0.329 e. The number of hydrogen-bond acceptors (Lipinski definition) is 3. The summed E-state index contributed by atoms with van der Waals surface area (Å²) in [5.74, 6) is -0.909. The summed E-state index contributed by atoms with van der Waals surface area (Å²) < 4.78 is 13.4. The van der Waals surface area contributed by atoms with E-state index in [-0.39, 0.29) is 11.6 Å². The second kappa shape index (κ2) is 5.47. The molecule has 0 spiro atoms. The first-order valence-corrected chi connectivity index (χ1v) is 5.57. The summed E-state index contributed by atoms with van der Waals surface area (Å²) in [6, 6.07) is 4.66. The quantitative estimate of drug-likeness (QED) is 0.848. The average Bonchev–Trinajstić information content (AvgIpc) is 2.22. The van der Waals surface area contributed by atoms with E-state index in [0.717, 1.165) is 0 Å². The van der Waals surface area contributed by atoms with Gasteiger partial charge < -0.3 is 4.84 Å². The number of nitrogens with one attached hydrogen (secondary N) is 1. The predicted molar refractivity (Wildman–Crippen MR) is 63.8 cm³/mol. The van der Waals surface area contributed by atoms with Gasteiger partial charge in [0.05, 0.1) is 17.0 Å². The molecule has 0 aliphatic rings. The van der Waals surface area contributed by atoms with Crippen LogP contribution in [0.3, 0.4) is 0 Å². The van der Waals surface area contributed by atoms with Gasteiger partial charge >= 0.3 is 5.97 Å². The molecule has 0 aliphatic heterocycles. The summed E-state index contributed by atoms with van der Waals surface area (Å²) in [6.45, 7) is 5.28. The number of halogens is 2. The zero-order valence-corrected chi connectivity index (χ0v) is 10.8. The number of hydrogen-bond donors (Lipinski definition) is 1. The van der Waals surface area contributed by atoms with Crippen molar-refractivity contribution < 1.29 is 14.0 Å². The molecule has 5 heteroatoms. The van der Waals surface area contributed by atoms with E-state index in [9.17, 15) is 9.18 Å². The van der Waals surface area contributed by atoms with Crippen LogP contribution in [0.1, 0.15) is 26.3 Å². The molecule has 1 N–H and O–H groups in total. The number of hydroxylamine groups is 1. The highest BCUT2D eigenvalue weighted by atomic mass is 35.5. The van der Waals surface area contributed by atoms with Crippen molar-refractivity contribution in [1.29, 1.82) is 0 Å². The summed E-state index contributed by atoms with van der Waals surface area (Å²) in [6.07, 6.45) is 0. The Hall–Kier alpha value is -1.13. The van der Waals surface area contributed by atoms with Crippen LogP contribution >= 0.6 is 11.6 Å². The van der Waals surface area contributed by atoms with Crippen LogP contribution < -0.4 is 5.48 Å². The molecule has 0 fully saturated rings. The van der Waals surface area contributed by atoms with Gasteiger partial charge in [-0.1, -0.05) is 23.7 Å². The van der Waals surface area contributed by atoms with Crippen LogP contribution in [-0.4, -0.2) is 5.97 Å².